The second-order valence-corrected chi connectivity index (χ2v) is 8.80. The maximum Gasteiger partial charge on any atom is 0.365 e. The Kier molecular flexibility index (Phi) is 10.9. The van der Waals surface area contributed by atoms with Crippen molar-refractivity contribution in [1.29, 1.82) is 0 Å². The summed E-state index contributed by atoms with van der Waals surface area (Å²) in [5.74, 6) is -0.778. The summed E-state index contributed by atoms with van der Waals surface area (Å²) in [5.41, 5.74) is -1.54. The highest BCUT2D eigenvalue weighted by atomic mass is 32.1. The average Bonchev–Trinajstić information content (AvgIpc) is 2.45. The Balaban J connectivity index is 5.80. The number of rotatable bonds is 12. The van der Waals surface area contributed by atoms with Crippen LogP contribution in [0, 0.1) is 0 Å². The van der Waals surface area contributed by atoms with Crippen LogP contribution in [0.4, 0.5) is 0 Å². The van der Waals surface area contributed by atoms with E-state index in [0.29, 0.717) is 0 Å². The first kappa shape index (κ1) is 22.1. The molecule has 11 heteroatoms. The summed E-state index contributed by atoms with van der Waals surface area (Å²) in [5, 5.41) is 2.35. The van der Waals surface area contributed by atoms with E-state index < -0.39 is 26.6 Å². The third kappa shape index (κ3) is 6.32. The van der Waals surface area contributed by atoms with Crippen molar-refractivity contribution in [2.75, 3.05) is 32.2 Å². The third-order valence-corrected chi connectivity index (χ3v) is 8.18. The van der Waals surface area contributed by atoms with Crippen molar-refractivity contribution in [2.24, 2.45) is 0 Å². The molecule has 132 valence electrons. The number of nitrogens with one attached hydrogen (secondary N) is 1. The van der Waals surface area contributed by atoms with E-state index in [2.05, 4.69) is 17.9 Å². The summed E-state index contributed by atoms with van der Waals surface area (Å²) in [4.78, 5) is 11.7. The lowest BCUT2D eigenvalue weighted by Crippen LogP contribution is -2.37. The molecule has 0 spiro atoms. The van der Waals surface area contributed by atoms with Crippen LogP contribution in [0.5, 0.6) is 0 Å². The molecule has 0 atom stereocenters. The second-order valence-electron chi connectivity index (χ2n) is 3.85. The van der Waals surface area contributed by atoms with Gasteiger partial charge in [0.1, 0.15) is 0 Å². The summed E-state index contributed by atoms with van der Waals surface area (Å²) in [7, 11) is -7.91. The molecule has 0 fully saturated rings. The first-order chi connectivity index (χ1) is 10.3. The molecule has 0 aliphatic rings. The highest BCUT2D eigenvalue weighted by Crippen LogP contribution is 2.69. The number of thiol groups is 1. The van der Waals surface area contributed by atoms with Crippen LogP contribution in [0.25, 0.3) is 0 Å². The Bertz CT molecular complexity index is 385. The van der Waals surface area contributed by atoms with Gasteiger partial charge >= 0.3 is 15.2 Å². The van der Waals surface area contributed by atoms with E-state index in [-0.39, 0.29) is 32.2 Å². The van der Waals surface area contributed by atoms with Crippen LogP contribution in [0.15, 0.2) is 0 Å². The van der Waals surface area contributed by atoms with Crippen molar-refractivity contribution in [1.82, 2.24) is 5.32 Å². The Hall–Kier alpha value is 0.120. The molecule has 0 saturated heterocycles. The smallest absolute Gasteiger partial charge is 0.331 e. The fourth-order valence-corrected chi connectivity index (χ4v) is 6.63. The van der Waals surface area contributed by atoms with Crippen molar-refractivity contribution < 1.29 is 32.0 Å². The van der Waals surface area contributed by atoms with Gasteiger partial charge in [0.05, 0.1) is 32.2 Å². The lowest BCUT2D eigenvalue weighted by molar-refractivity contribution is -0.118. The lowest BCUT2D eigenvalue weighted by Gasteiger charge is -2.31. The van der Waals surface area contributed by atoms with Crippen LogP contribution in [0.1, 0.15) is 27.7 Å². The largest absolute Gasteiger partial charge is 0.365 e. The third-order valence-electron chi connectivity index (χ3n) is 2.27. The second kappa shape index (κ2) is 10.8. The van der Waals surface area contributed by atoms with E-state index in [1.165, 1.54) is 0 Å². The highest BCUT2D eigenvalue weighted by Gasteiger charge is 2.51. The quantitative estimate of drug-likeness (QED) is 0.398. The van der Waals surface area contributed by atoms with Gasteiger partial charge in [-0.25, -0.2) is 0 Å². The maximum atomic E-state index is 12.9. The van der Waals surface area contributed by atoms with Gasteiger partial charge in [0.15, 0.2) is 0 Å². The van der Waals surface area contributed by atoms with Gasteiger partial charge in [-0.3, -0.25) is 13.9 Å². The van der Waals surface area contributed by atoms with E-state index in [4.69, 9.17) is 18.1 Å². The van der Waals surface area contributed by atoms with E-state index >= 15 is 0 Å². The molecule has 0 saturated carbocycles. The van der Waals surface area contributed by atoms with Gasteiger partial charge < -0.3 is 23.4 Å². The molecule has 22 heavy (non-hydrogen) atoms. The molecule has 0 aromatic rings. The molecule has 0 aromatic carbocycles. The number of carbonyl (C=O) groups excluding carboxylic acids is 1. The molecular formula is C11H25NO7P2S. The standard InChI is InChI=1S/C11H25NO7P2S/c1-5-16-20(14,17-6-2)11(12-10(13)9-22)21(15,18-7-3)19-8-4/h11,22H,5-9H2,1-4H3,(H,12,13). The predicted molar refractivity (Wildman–Crippen MR) is 87.5 cm³/mol. The SMILES string of the molecule is CCOP(=O)(OCC)C(NC(=O)CS)P(=O)(OCC)OCC. The van der Waals surface area contributed by atoms with E-state index in [9.17, 15) is 13.9 Å². The van der Waals surface area contributed by atoms with E-state index in [1.807, 2.05) is 0 Å². The molecule has 8 nitrogen and oxygen atoms in total. The van der Waals surface area contributed by atoms with Gasteiger partial charge in [-0.15, -0.1) is 0 Å². The highest BCUT2D eigenvalue weighted by molar-refractivity contribution is 7.81. The van der Waals surface area contributed by atoms with Crippen LogP contribution in [-0.4, -0.2) is 43.6 Å². The molecule has 0 radical (unpaired) electrons. The number of carbonyl (C=O) groups is 1. The summed E-state index contributed by atoms with van der Waals surface area (Å²) in [6, 6.07) is 0. The minimum absolute atomic E-state index is 0.0444. The summed E-state index contributed by atoms with van der Waals surface area (Å²) < 4.78 is 46.6. The number of hydrogen-bond acceptors (Lipinski definition) is 8. The molecule has 1 N–H and O–H groups in total. The Morgan fingerprint density at radius 2 is 1.23 bits per heavy atom. The molecular weight excluding hydrogens is 352 g/mol. The molecule has 0 aliphatic heterocycles. The van der Waals surface area contributed by atoms with E-state index in [0.717, 1.165) is 0 Å². The topological polar surface area (TPSA) is 100 Å². The van der Waals surface area contributed by atoms with Crippen molar-refractivity contribution in [3.05, 3.63) is 0 Å². The van der Waals surface area contributed by atoms with Crippen LogP contribution < -0.4 is 5.32 Å². The zero-order valence-electron chi connectivity index (χ0n) is 13.3. The van der Waals surface area contributed by atoms with Crippen LogP contribution in [0.3, 0.4) is 0 Å². The van der Waals surface area contributed by atoms with Gasteiger partial charge in [-0.05, 0) is 27.7 Å². The summed E-state index contributed by atoms with van der Waals surface area (Å²) in [6.45, 7) is 6.60. The zero-order valence-corrected chi connectivity index (χ0v) is 16.0. The Labute approximate surface area is 137 Å². The van der Waals surface area contributed by atoms with Gasteiger partial charge in [-0.1, -0.05) is 0 Å². The molecule has 0 rings (SSSR count). The minimum atomic E-state index is -3.96. The van der Waals surface area contributed by atoms with Gasteiger partial charge in [0.25, 0.3) is 0 Å². The fourth-order valence-electron chi connectivity index (χ4n) is 1.60. The van der Waals surface area contributed by atoms with Crippen LogP contribution >= 0.6 is 27.8 Å². The predicted octanol–water partition coefficient (Wildman–Crippen LogP) is 2.85. The first-order valence-corrected chi connectivity index (χ1v) is 10.9. The number of hydrogen-bond donors (Lipinski definition) is 2. The normalized spacial score (nSPS) is 12.6. The van der Waals surface area contributed by atoms with Gasteiger partial charge in [0, 0.05) is 0 Å². The van der Waals surface area contributed by atoms with Crippen molar-refractivity contribution >= 4 is 33.7 Å². The Morgan fingerprint density at radius 3 is 1.45 bits per heavy atom. The van der Waals surface area contributed by atoms with Crippen molar-refractivity contribution in [2.45, 2.75) is 33.2 Å². The summed E-state index contributed by atoms with van der Waals surface area (Å²) in [6.07, 6.45) is 0. The average molecular weight is 377 g/mol. The first-order valence-electron chi connectivity index (χ1n) is 7.01. The van der Waals surface area contributed by atoms with Crippen molar-refractivity contribution in [3.63, 3.8) is 0 Å². The van der Waals surface area contributed by atoms with Crippen molar-refractivity contribution in [3.8, 4) is 0 Å². The monoisotopic (exact) mass is 377 g/mol. The zero-order chi connectivity index (χ0) is 17.2. The Morgan fingerprint density at radius 1 is 0.909 bits per heavy atom. The molecule has 1 amide bonds. The fraction of sp³-hybridized carbons (Fsp3) is 0.909. The van der Waals surface area contributed by atoms with E-state index in [1.54, 1.807) is 27.7 Å². The molecule has 0 aliphatic carbocycles. The molecule has 0 heterocycles. The summed E-state index contributed by atoms with van der Waals surface area (Å²) >= 11 is 3.84. The molecule has 0 aromatic heterocycles. The maximum absolute atomic E-state index is 12.9. The van der Waals surface area contributed by atoms with Gasteiger partial charge in [-0.2, -0.15) is 12.6 Å². The molecule has 0 unspecified atom stereocenters. The van der Waals surface area contributed by atoms with Crippen LogP contribution in [0.2, 0.25) is 0 Å². The van der Waals surface area contributed by atoms with Gasteiger partial charge in [0.2, 0.25) is 11.4 Å². The molecule has 0 bridgehead atoms. The number of amides is 1. The lowest BCUT2D eigenvalue weighted by atomic mass is 10.7. The van der Waals surface area contributed by atoms with Crippen LogP contribution in [-0.2, 0) is 32.0 Å². The minimum Gasteiger partial charge on any atom is -0.331 e.